The summed E-state index contributed by atoms with van der Waals surface area (Å²) in [6, 6.07) is 8.68. The van der Waals surface area contributed by atoms with E-state index in [2.05, 4.69) is 0 Å². The topological polar surface area (TPSA) is 40.9 Å². The minimum atomic E-state index is -0.0248. The predicted octanol–water partition coefficient (Wildman–Crippen LogP) is 3.31. The number of rotatable bonds is 4. The zero-order valence-corrected chi connectivity index (χ0v) is 10.7. The number of ketones is 1. The Kier molecular flexibility index (Phi) is 5.17. The third-order valence-electron chi connectivity index (χ3n) is 1.95. The van der Waals surface area contributed by atoms with Gasteiger partial charge < -0.3 is 0 Å². The molecule has 1 aromatic rings. The maximum absolute atomic E-state index is 11.8. The molecule has 0 unspecified atom stereocenters. The lowest BCUT2D eigenvalue weighted by Crippen LogP contribution is -1.94. The van der Waals surface area contributed by atoms with Gasteiger partial charge in [0, 0.05) is 15.9 Å². The van der Waals surface area contributed by atoms with Crippen molar-refractivity contribution in [1.29, 1.82) is 5.26 Å². The van der Waals surface area contributed by atoms with Crippen LogP contribution in [0.1, 0.15) is 15.9 Å². The van der Waals surface area contributed by atoms with Gasteiger partial charge in [0.05, 0.1) is 11.6 Å². The first-order chi connectivity index (χ1) is 7.71. The smallest absolute Gasteiger partial charge is 0.187 e. The Balaban J connectivity index is 2.89. The highest BCUT2D eigenvalue weighted by atomic mass is 32.2. The third kappa shape index (κ3) is 3.44. The number of nitrogens with zero attached hydrogens (tertiary/aromatic N) is 1. The lowest BCUT2D eigenvalue weighted by atomic mass is 10.1. The number of thioether (sulfide) groups is 2. The summed E-state index contributed by atoms with van der Waals surface area (Å²) >= 11 is 3.10. The molecule has 4 heteroatoms. The normalized spacial score (nSPS) is 9.31. The molecule has 16 heavy (non-hydrogen) atoms. The molecule has 82 valence electrons. The summed E-state index contributed by atoms with van der Waals surface area (Å²) in [6.07, 6.45) is 5.50. The van der Waals surface area contributed by atoms with E-state index in [1.54, 1.807) is 53.9 Å². The molecule has 2 nitrogen and oxygen atoms in total. The van der Waals surface area contributed by atoms with Crippen molar-refractivity contribution in [3.8, 4) is 6.07 Å². The number of hydrogen-bond donors (Lipinski definition) is 0. The second-order valence-corrected chi connectivity index (χ2v) is 4.88. The highest BCUT2D eigenvalue weighted by Gasteiger charge is 2.04. The Morgan fingerprint density at radius 3 is 2.25 bits per heavy atom. The molecule has 0 bridgehead atoms. The van der Waals surface area contributed by atoms with Crippen LogP contribution in [0.5, 0.6) is 0 Å². The molecule has 0 saturated heterocycles. The maximum Gasteiger partial charge on any atom is 0.187 e. The van der Waals surface area contributed by atoms with E-state index in [1.165, 1.54) is 0 Å². The molecule has 0 atom stereocenters. The number of carbonyl (C=O) groups excluding carboxylic acids is 1. The van der Waals surface area contributed by atoms with Gasteiger partial charge in [-0.3, -0.25) is 4.79 Å². The van der Waals surface area contributed by atoms with Crippen molar-refractivity contribution in [3.63, 3.8) is 0 Å². The minimum absolute atomic E-state index is 0.0248. The SMILES string of the molecule is CSC(=CC(=O)c1ccc(C#N)cc1)SC. The number of nitriles is 1. The van der Waals surface area contributed by atoms with Crippen LogP contribution in [0.4, 0.5) is 0 Å². The zero-order chi connectivity index (χ0) is 12.0. The van der Waals surface area contributed by atoms with Crippen molar-refractivity contribution in [2.24, 2.45) is 0 Å². The van der Waals surface area contributed by atoms with Gasteiger partial charge in [0.1, 0.15) is 0 Å². The van der Waals surface area contributed by atoms with Crippen LogP contribution < -0.4 is 0 Å². The number of hydrogen-bond acceptors (Lipinski definition) is 4. The fourth-order valence-electron chi connectivity index (χ4n) is 1.10. The van der Waals surface area contributed by atoms with Crippen LogP contribution in [0, 0.1) is 11.3 Å². The third-order valence-corrected chi connectivity index (χ3v) is 3.99. The first-order valence-electron chi connectivity index (χ1n) is 4.55. The summed E-state index contributed by atoms with van der Waals surface area (Å²) in [5.74, 6) is -0.0248. The molecule has 1 aromatic carbocycles. The van der Waals surface area contributed by atoms with Gasteiger partial charge in [-0.05, 0) is 36.8 Å². The summed E-state index contributed by atoms with van der Waals surface area (Å²) in [5.41, 5.74) is 1.18. The monoisotopic (exact) mass is 249 g/mol. The molecule has 0 aliphatic heterocycles. The van der Waals surface area contributed by atoms with Gasteiger partial charge >= 0.3 is 0 Å². The number of carbonyl (C=O) groups is 1. The summed E-state index contributed by atoms with van der Waals surface area (Å²) in [5, 5.41) is 8.64. The van der Waals surface area contributed by atoms with Crippen LogP contribution in [-0.2, 0) is 0 Å². The van der Waals surface area contributed by atoms with E-state index >= 15 is 0 Å². The molecular formula is C12H11NOS2. The Morgan fingerprint density at radius 1 is 1.25 bits per heavy atom. The molecule has 0 heterocycles. The summed E-state index contributed by atoms with van der Waals surface area (Å²) < 4.78 is 0.981. The van der Waals surface area contributed by atoms with Crippen molar-refractivity contribution in [1.82, 2.24) is 0 Å². The maximum atomic E-state index is 11.8. The van der Waals surface area contributed by atoms with Gasteiger partial charge in [-0.15, -0.1) is 23.5 Å². The highest BCUT2D eigenvalue weighted by Crippen LogP contribution is 2.23. The number of benzene rings is 1. The summed E-state index contributed by atoms with van der Waals surface area (Å²) in [6.45, 7) is 0. The highest BCUT2D eigenvalue weighted by molar-refractivity contribution is 8.21. The lowest BCUT2D eigenvalue weighted by Gasteiger charge is -1.99. The van der Waals surface area contributed by atoms with Crippen molar-refractivity contribution in [2.45, 2.75) is 0 Å². The molecule has 0 amide bonds. The second-order valence-electron chi connectivity index (χ2n) is 2.93. The molecule has 0 aliphatic carbocycles. The fraction of sp³-hybridized carbons (Fsp3) is 0.167. The molecule has 0 aliphatic rings. The van der Waals surface area contributed by atoms with E-state index in [9.17, 15) is 4.79 Å². The van der Waals surface area contributed by atoms with Crippen LogP contribution in [0.3, 0.4) is 0 Å². The summed E-state index contributed by atoms with van der Waals surface area (Å²) in [7, 11) is 0. The minimum Gasteiger partial charge on any atom is -0.289 e. The van der Waals surface area contributed by atoms with Gasteiger partial charge in [-0.2, -0.15) is 5.26 Å². The molecule has 0 aromatic heterocycles. The Morgan fingerprint density at radius 2 is 1.81 bits per heavy atom. The Hall–Kier alpha value is -1.18. The van der Waals surface area contributed by atoms with Gasteiger partial charge in [0.25, 0.3) is 0 Å². The van der Waals surface area contributed by atoms with Crippen LogP contribution in [0.2, 0.25) is 0 Å². The van der Waals surface area contributed by atoms with Crippen molar-refractivity contribution in [3.05, 3.63) is 45.7 Å². The van der Waals surface area contributed by atoms with Gasteiger partial charge in [0.15, 0.2) is 5.78 Å². The standard InChI is InChI=1S/C12H11NOS2/c1-15-12(16-2)7-11(14)10-5-3-9(8-13)4-6-10/h3-7H,1-2H3. The van der Waals surface area contributed by atoms with Crippen LogP contribution in [-0.4, -0.2) is 18.3 Å². The van der Waals surface area contributed by atoms with Crippen LogP contribution >= 0.6 is 23.5 Å². The van der Waals surface area contributed by atoms with Gasteiger partial charge in [-0.1, -0.05) is 0 Å². The average Bonchev–Trinajstić information content (AvgIpc) is 2.35. The molecule has 0 saturated carbocycles. The number of allylic oxidation sites excluding steroid dienone is 1. The molecule has 1 rings (SSSR count). The summed E-state index contributed by atoms with van der Waals surface area (Å²) in [4.78, 5) is 11.8. The molecule has 0 spiro atoms. The van der Waals surface area contributed by atoms with Crippen LogP contribution in [0.25, 0.3) is 0 Å². The van der Waals surface area contributed by atoms with E-state index in [0.29, 0.717) is 11.1 Å². The zero-order valence-electron chi connectivity index (χ0n) is 9.06. The van der Waals surface area contributed by atoms with E-state index in [-0.39, 0.29) is 5.78 Å². The van der Waals surface area contributed by atoms with Crippen molar-refractivity contribution >= 4 is 29.3 Å². The fourth-order valence-corrected chi connectivity index (χ4v) is 2.22. The van der Waals surface area contributed by atoms with E-state index in [1.807, 2.05) is 18.6 Å². The van der Waals surface area contributed by atoms with E-state index < -0.39 is 0 Å². The van der Waals surface area contributed by atoms with Gasteiger partial charge in [0.2, 0.25) is 0 Å². The van der Waals surface area contributed by atoms with Crippen molar-refractivity contribution < 1.29 is 4.79 Å². The van der Waals surface area contributed by atoms with Gasteiger partial charge in [-0.25, -0.2) is 0 Å². The first-order valence-corrected chi connectivity index (χ1v) is 7.00. The Bertz CT molecular complexity index is 437. The molecule has 0 radical (unpaired) electrons. The van der Waals surface area contributed by atoms with E-state index in [4.69, 9.17) is 5.26 Å². The lowest BCUT2D eigenvalue weighted by molar-refractivity contribution is 0.104. The molecule has 0 N–H and O–H groups in total. The second kappa shape index (κ2) is 6.41. The first kappa shape index (κ1) is 12.9. The van der Waals surface area contributed by atoms with Crippen molar-refractivity contribution in [2.75, 3.05) is 12.5 Å². The van der Waals surface area contributed by atoms with Crippen LogP contribution in [0.15, 0.2) is 34.6 Å². The molecular weight excluding hydrogens is 238 g/mol. The average molecular weight is 249 g/mol. The quantitative estimate of drug-likeness (QED) is 0.606. The molecule has 0 fully saturated rings. The Labute approximate surface area is 104 Å². The predicted molar refractivity (Wildman–Crippen MR) is 70.6 cm³/mol. The largest absolute Gasteiger partial charge is 0.289 e. The van der Waals surface area contributed by atoms with E-state index in [0.717, 1.165) is 4.24 Å².